The van der Waals surface area contributed by atoms with E-state index in [1.807, 2.05) is 11.8 Å². The lowest BCUT2D eigenvalue weighted by Crippen LogP contribution is -2.20. The first-order valence-corrected chi connectivity index (χ1v) is 6.15. The Labute approximate surface area is 87.7 Å². The summed E-state index contributed by atoms with van der Waals surface area (Å²) in [6, 6.07) is 0. The second-order valence-corrected chi connectivity index (χ2v) is 5.01. The lowest BCUT2D eigenvalue weighted by atomic mass is 10.1. The summed E-state index contributed by atoms with van der Waals surface area (Å²) in [6.45, 7) is 3.97. The van der Waals surface area contributed by atoms with Gasteiger partial charge in [0.1, 0.15) is 5.82 Å². The summed E-state index contributed by atoms with van der Waals surface area (Å²) in [5.41, 5.74) is 3.72. The zero-order chi connectivity index (χ0) is 9.54. The van der Waals surface area contributed by atoms with Gasteiger partial charge in [0.05, 0.1) is 5.69 Å². The fourth-order valence-electron chi connectivity index (χ4n) is 1.93. The van der Waals surface area contributed by atoms with Crippen LogP contribution in [0.4, 0.5) is 0 Å². The van der Waals surface area contributed by atoms with Crippen LogP contribution >= 0.6 is 11.8 Å². The van der Waals surface area contributed by atoms with Crippen LogP contribution in [0, 0.1) is 6.92 Å². The van der Waals surface area contributed by atoms with Gasteiger partial charge in [0.15, 0.2) is 0 Å². The summed E-state index contributed by atoms with van der Waals surface area (Å²) in [6.07, 6.45) is 0. The number of hydrogen-bond acceptors (Lipinski definition) is 4. The molecule has 1 fully saturated rings. The van der Waals surface area contributed by atoms with Gasteiger partial charge < -0.3 is 5.32 Å². The standard InChI is InChI=1S/C10H13N3S/c1-6-8-2-11-3-9(8)13-10(12-6)7-4-14-5-7/h7,11H,2-5H2,1H3. The maximum atomic E-state index is 4.65. The second-order valence-electron chi connectivity index (χ2n) is 3.93. The van der Waals surface area contributed by atoms with Gasteiger partial charge >= 0.3 is 0 Å². The number of rotatable bonds is 1. The molecule has 0 unspecified atom stereocenters. The SMILES string of the molecule is Cc1nc(C2CSC2)nc2c1CNC2. The van der Waals surface area contributed by atoms with Gasteiger partial charge in [0, 0.05) is 41.8 Å². The van der Waals surface area contributed by atoms with E-state index in [2.05, 4.69) is 22.2 Å². The normalized spacial score (nSPS) is 20.6. The van der Waals surface area contributed by atoms with Gasteiger partial charge in [-0.2, -0.15) is 11.8 Å². The number of nitrogens with zero attached hydrogens (tertiary/aromatic N) is 2. The summed E-state index contributed by atoms with van der Waals surface area (Å²) in [5, 5.41) is 3.32. The number of aryl methyl sites for hydroxylation is 1. The van der Waals surface area contributed by atoms with E-state index in [1.54, 1.807) is 0 Å². The van der Waals surface area contributed by atoms with Crippen LogP contribution in [0.25, 0.3) is 0 Å². The molecular formula is C10H13N3S. The van der Waals surface area contributed by atoms with Crippen LogP contribution in [0.1, 0.15) is 28.7 Å². The van der Waals surface area contributed by atoms with Gasteiger partial charge in [0.2, 0.25) is 0 Å². The number of hydrogen-bond donors (Lipinski definition) is 1. The van der Waals surface area contributed by atoms with Crippen LogP contribution in [-0.2, 0) is 13.1 Å². The van der Waals surface area contributed by atoms with Crippen molar-refractivity contribution in [1.29, 1.82) is 0 Å². The lowest BCUT2D eigenvalue weighted by Gasteiger charge is -2.23. The Morgan fingerprint density at radius 1 is 1.29 bits per heavy atom. The minimum atomic E-state index is 0.615. The predicted octanol–water partition coefficient (Wildman–Crippen LogP) is 1.22. The average Bonchev–Trinajstić information content (AvgIpc) is 2.48. The van der Waals surface area contributed by atoms with E-state index in [1.165, 1.54) is 28.5 Å². The molecule has 1 aromatic rings. The van der Waals surface area contributed by atoms with Gasteiger partial charge in [-0.05, 0) is 6.92 Å². The first-order valence-electron chi connectivity index (χ1n) is 4.99. The summed E-state index contributed by atoms with van der Waals surface area (Å²) in [5.74, 6) is 4.09. The highest BCUT2D eigenvalue weighted by Gasteiger charge is 2.25. The van der Waals surface area contributed by atoms with E-state index < -0.39 is 0 Å². The summed E-state index contributed by atoms with van der Waals surface area (Å²) >= 11 is 1.98. The molecule has 3 rings (SSSR count). The lowest BCUT2D eigenvalue weighted by molar-refractivity contribution is 0.734. The Balaban J connectivity index is 2.02. The van der Waals surface area contributed by atoms with E-state index >= 15 is 0 Å². The van der Waals surface area contributed by atoms with Crippen molar-refractivity contribution in [2.45, 2.75) is 25.9 Å². The summed E-state index contributed by atoms with van der Waals surface area (Å²) < 4.78 is 0. The van der Waals surface area contributed by atoms with Crippen molar-refractivity contribution in [1.82, 2.24) is 15.3 Å². The van der Waals surface area contributed by atoms with Crippen molar-refractivity contribution in [3.8, 4) is 0 Å². The molecule has 1 saturated heterocycles. The Morgan fingerprint density at radius 2 is 2.14 bits per heavy atom. The summed E-state index contributed by atoms with van der Waals surface area (Å²) in [7, 11) is 0. The molecule has 1 N–H and O–H groups in total. The molecule has 2 aliphatic heterocycles. The number of thioether (sulfide) groups is 1. The van der Waals surface area contributed by atoms with E-state index in [0.717, 1.165) is 18.9 Å². The third-order valence-corrected chi connectivity index (χ3v) is 4.19. The zero-order valence-corrected chi connectivity index (χ0v) is 9.02. The van der Waals surface area contributed by atoms with Gasteiger partial charge in [-0.1, -0.05) is 0 Å². The molecule has 74 valence electrons. The van der Waals surface area contributed by atoms with Crippen molar-refractivity contribution in [2.24, 2.45) is 0 Å². The van der Waals surface area contributed by atoms with Crippen molar-refractivity contribution in [2.75, 3.05) is 11.5 Å². The van der Waals surface area contributed by atoms with Crippen LogP contribution in [0.2, 0.25) is 0 Å². The van der Waals surface area contributed by atoms with E-state index in [-0.39, 0.29) is 0 Å². The quantitative estimate of drug-likeness (QED) is 0.751. The fraction of sp³-hybridized carbons (Fsp3) is 0.600. The second kappa shape index (κ2) is 3.21. The monoisotopic (exact) mass is 207 g/mol. The molecule has 0 bridgehead atoms. The van der Waals surface area contributed by atoms with Crippen molar-refractivity contribution >= 4 is 11.8 Å². The molecular weight excluding hydrogens is 194 g/mol. The van der Waals surface area contributed by atoms with Gasteiger partial charge in [-0.15, -0.1) is 0 Å². The van der Waals surface area contributed by atoms with Crippen LogP contribution in [0.3, 0.4) is 0 Å². The third kappa shape index (κ3) is 1.25. The van der Waals surface area contributed by atoms with E-state index in [0.29, 0.717) is 5.92 Å². The topological polar surface area (TPSA) is 37.8 Å². The fourth-order valence-corrected chi connectivity index (χ4v) is 2.70. The van der Waals surface area contributed by atoms with E-state index in [9.17, 15) is 0 Å². The van der Waals surface area contributed by atoms with Crippen molar-refractivity contribution in [3.63, 3.8) is 0 Å². The molecule has 1 aromatic heterocycles. The number of fused-ring (bicyclic) bond motifs is 1. The van der Waals surface area contributed by atoms with Crippen LogP contribution in [0.5, 0.6) is 0 Å². The third-order valence-electron chi connectivity index (χ3n) is 2.91. The molecule has 0 aromatic carbocycles. The van der Waals surface area contributed by atoms with Crippen LogP contribution in [0.15, 0.2) is 0 Å². The Morgan fingerprint density at radius 3 is 2.86 bits per heavy atom. The zero-order valence-electron chi connectivity index (χ0n) is 8.21. The minimum absolute atomic E-state index is 0.615. The molecule has 14 heavy (non-hydrogen) atoms. The molecule has 3 heterocycles. The molecule has 3 nitrogen and oxygen atoms in total. The van der Waals surface area contributed by atoms with Crippen molar-refractivity contribution < 1.29 is 0 Å². The van der Waals surface area contributed by atoms with Crippen molar-refractivity contribution in [3.05, 3.63) is 22.8 Å². The highest BCUT2D eigenvalue weighted by atomic mass is 32.2. The van der Waals surface area contributed by atoms with Gasteiger partial charge in [-0.25, -0.2) is 9.97 Å². The molecule has 4 heteroatoms. The van der Waals surface area contributed by atoms with E-state index in [4.69, 9.17) is 0 Å². The molecule has 0 radical (unpaired) electrons. The molecule has 0 amide bonds. The smallest absolute Gasteiger partial charge is 0.133 e. The highest BCUT2D eigenvalue weighted by molar-refractivity contribution is 8.00. The Kier molecular flexibility index (Phi) is 1.99. The van der Waals surface area contributed by atoms with Crippen LogP contribution < -0.4 is 5.32 Å². The number of nitrogens with one attached hydrogen (secondary N) is 1. The molecule has 0 spiro atoms. The minimum Gasteiger partial charge on any atom is -0.307 e. The highest BCUT2D eigenvalue weighted by Crippen LogP contribution is 2.32. The largest absolute Gasteiger partial charge is 0.307 e. The van der Waals surface area contributed by atoms with Gasteiger partial charge in [-0.3, -0.25) is 0 Å². The Bertz CT molecular complexity index is 374. The number of aromatic nitrogens is 2. The van der Waals surface area contributed by atoms with Gasteiger partial charge in [0.25, 0.3) is 0 Å². The van der Waals surface area contributed by atoms with Crippen LogP contribution in [-0.4, -0.2) is 21.5 Å². The maximum absolute atomic E-state index is 4.65. The Hall–Kier alpha value is -0.610. The molecule has 0 aliphatic carbocycles. The molecule has 2 aliphatic rings. The average molecular weight is 207 g/mol. The molecule has 0 saturated carbocycles. The predicted molar refractivity (Wildman–Crippen MR) is 57.4 cm³/mol. The first-order chi connectivity index (χ1) is 6.84. The first kappa shape index (κ1) is 8.68. The maximum Gasteiger partial charge on any atom is 0.133 e. The molecule has 0 atom stereocenters. The summed E-state index contributed by atoms with van der Waals surface area (Å²) in [4.78, 5) is 9.25.